The summed E-state index contributed by atoms with van der Waals surface area (Å²) in [6.07, 6.45) is 1.12. The Balaban J connectivity index is 0.000000921. The summed E-state index contributed by atoms with van der Waals surface area (Å²) in [5.41, 5.74) is -3.72. The zero-order valence-electron chi connectivity index (χ0n) is 8.52. The van der Waals surface area contributed by atoms with Gasteiger partial charge in [0, 0.05) is 11.9 Å². The number of thioether (sulfide) groups is 1. The van der Waals surface area contributed by atoms with Crippen molar-refractivity contribution >= 4 is 23.4 Å². The highest BCUT2D eigenvalue weighted by atomic mass is 35.5. The predicted octanol–water partition coefficient (Wildman–Crippen LogP) is 4.68. The zero-order valence-corrected chi connectivity index (χ0v) is 10.1. The van der Waals surface area contributed by atoms with Crippen molar-refractivity contribution in [2.45, 2.75) is 31.2 Å². The van der Waals surface area contributed by atoms with Crippen LogP contribution in [0.5, 0.6) is 0 Å². The Bertz CT molecular complexity index is 315. The van der Waals surface area contributed by atoms with Crippen LogP contribution in [0.25, 0.3) is 0 Å². The van der Waals surface area contributed by atoms with Crippen LogP contribution in [-0.4, -0.2) is 10.5 Å². The van der Waals surface area contributed by atoms with Crippen LogP contribution in [0, 0.1) is 6.92 Å². The van der Waals surface area contributed by atoms with Crippen molar-refractivity contribution < 1.29 is 13.2 Å². The molecule has 0 aromatic carbocycles. The average Bonchev–Trinajstić information content (AvgIpc) is 2.12. The first-order chi connectivity index (χ1) is 6.88. The molecule has 0 atom stereocenters. The van der Waals surface area contributed by atoms with Gasteiger partial charge in [-0.2, -0.15) is 13.2 Å². The minimum absolute atomic E-state index is 0.0697. The van der Waals surface area contributed by atoms with Crippen LogP contribution in [0.15, 0.2) is 17.2 Å². The van der Waals surface area contributed by atoms with Gasteiger partial charge in [-0.05, 0) is 24.8 Å². The Hall–Kier alpha value is -0.420. The first-order valence-corrected chi connectivity index (χ1v) is 5.46. The summed E-state index contributed by atoms with van der Waals surface area (Å²) in [7, 11) is 0. The van der Waals surface area contributed by atoms with Gasteiger partial charge in [0.05, 0.1) is 9.92 Å². The summed E-state index contributed by atoms with van der Waals surface area (Å²) < 4.78 is 35.7. The van der Waals surface area contributed by atoms with E-state index in [9.17, 15) is 13.2 Å². The number of pyridine rings is 1. The largest absolute Gasteiger partial charge is 0.446 e. The van der Waals surface area contributed by atoms with Gasteiger partial charge in [-0.25, -0.2) is 0 Å². The predicted molar refractivity (Wildman–Crippen MR) is 57.2 cm³/mol. The number of aromatic nitrogens is 1. The summed E-state index contributed by atoms with van der Waals surface area (Å²) in [6, 6.07) is 1.40. The molecular weight excluding hydrogens is 247 g/mol. The number of rotatable bonds is 1. The molecule has 0 N–H and O–H groups in total. The van der Waals surface area contributed by atoms with Crippen molar-refractivity contribution in [2.75, 3.05) is 0 Å². The Labute approximate surface area is 96.0 Å². The molecule has 1 aromatic rings. The van der Waals surface area contributed by atoms with Crippen molar-refractivity contribution in [3.05, 3.63) is 23.0 Å². The highest BCUT2D eigenvalue weighted by Crippen LogP contribution is 2.39. The van der Waals surface area contributed by atoms with Crippen molar-refractivity contribution in [3.63, 3.8) is 0 Å². The van der Waals surface area contributed by atoms with Crippen LogP contribution in [0.3, 0.4) is 0 Å². The van der Waals surface area contributed by atoms with Crippen molar-refractivity contribution in [2.24, 2.45) is 0 Å². The van der Waals surface area contributed by atoms with Gasteiger partial charge in [-0.15, -0.1) is 0 Å². The second kappa shape index (κ2) is 6.23. The van der Waals surface area contributed by atoms with Crippen LogP contribution < -0.4 is 0 Å². The Kier molecular flexibility index (Phi) is 6.05. The van der Waals surface area contributed by atoms with Crippen LogP contribution in [-0.2, 0) is 0 Å². The number of halogens is 4. The summed E-state index contributed by atoms with van der Waals surface area (Å²) >= 11 is 5.32. The number of hydrogen-bond acceptors (Lipinski definition) is 2. The van der Waals surface area contributed by atoms with Gasteiger partial charge < -0.3 is 0 Å². The second-order valence-corrected chi connectivity index (χ2v) is 3.82. The number of nitrogens with zero attached hydrogens (tertiary/aromatic N) is 1. The topological polar surface area (TPSA) is 12.9 Å². The van der Waals surface area contributed by atoms with E-state index in [0.717, 1.165) is 6.20 Å². The summed E-state index contributed by atoms with van der Waals surface area (Å²) in [5, 5.41) is 0.0785. The second-order valence-electron chi connectivity index (χ2n) is 2.30. The molecule has 0 aliphatic heterocycles. The lowest BCUT2D eigenvalue weighted by molar-refractivity contribution is -0.0328. The molecule has 0 saturated heterocycles. The fourth-order valence-corrected chi connectivity index (χ4v) is 1.55. The van der Waals surface area contributed by atoms with Gasteiger partial charge in [-0.1, -0.05) is 25.4 Å². The van der Waals surface area contributed by atoms with E-state index in [-0.39, 0.29) is 21.7 Å². The molecule has 0 spiro atoms. The van der Waals surface area contributed by atoms with Gasteiger partial charge in [0.25, 0.3) is 0 Å². The maximum absolute atomic E-state index is 11.9. The third kappa shape index (κ3) is 5.89. The molecule has 1 rings (SSSR count). The molecule has 1 aromatic heterocycles. The summed E-state index contributed by atoms with van der Waals surface area (Å²) in [5.74, 6) is 0. The first kappa shape index (κ1) is 14.6. The van der Waals surface area contributed by atoms with E-state index in [2.05, 4.69) is 4.98 Å². The van der Waals surface area contributed by atoms with Gasteiger partial charge in [0.2, 0.25) is 0 Å². The minimum Gasteiger partial charge on any atom is -0.260 e. The Morgan fingerprint density at radius 1 is 1.33 bits per heavy atom. The summed E-state index contributed by atoms with van der Waals surface area (Å²) in [4.78, 5) is 3.65. The van der Waals surface area contributed by atoms with Gasteiger partial charge in [0.15, 0.2) is 0 Å². The number of aryl methyl sites for hydroxylation is 1. The van der Waals surface area contributed by atoms with Crippen molar-refractivity contribution in [3.8, 4) is 0 Å². The molecule has 1 nitrogen and oxygen atoms in total. The maximum atomic E-state index is 11.9. The van der Waals surface area contributed by atoms with E-state index >= 15 is 0 Å². The molecule has 0 radical (unpaired) electrons. The Morgan fingerprint density at radius 2 is 1.87 bits per heavy atom. The molecule has 0 unspecified atom stereocenters. The number of alkyl halides is 3. The third-order valence-corrected chi connectivity index (χ3v) is 2.38. The van der Waals surface area contributed by atoms with Crippen LogP contribution in [0.2, 0.25) is 5.02 Å². The monoisotopic (exact) mass is 257 g/mol. The van der Waals surface area contributed by atoms with Gasteiger partial charge in [0.1, 0.15) is 0 Å². The minimum atomic E-state index is -4.32. The highest BCUT2D eigenvalue weighted by molar-refractivity contribution is 8.00. The first-order valence-electron chi connectivity index (χ1n) is 4.26. The SMILES string of the molecule is CC.Cc1cc(Cl)c(SC(F)(F)F)cn1. The fraction of sp³-hybridized carbons (Fsp3) is 0.444. The molecule has 15 heavy (non-hydrogen) atoms. The van der Waals surface area contributed by atoms with E-state index in [1.54, 1.807) is 6.92 Å². The van der Waals surface area contributed by atoms with E-state index < -0.39 is 5.51 Å². The zero-order chi connectivity index (χ0) is 12.1. The van der Waals surface area contributed by atoms with Crippen molar-refractivity contribution in [1.82, 2.24) is 4.98 Å². The van der Waals surface area contributed by atoms with E-state index in [1.807, 2.05) is 13.8 Å². The normalized spacial score (nSPS) is 10.6. The van der Waals surface area contributed by atoms with Gasteiger partial charge >= 0.3 is 5.51 Å². The van der Waals surface area contributed by atoms with E-state index in [4.69, 9.17) is 11.6 Å². The molecular formula is C9H11ClF3NS. The Morgan fingerprint density at radius 3 is 2.27 bits per heavy atom. The van der Waals surface area contributed by atoms with Crippen LogP contribution >= 0.6 is 23.4 Å². The lowest BCUT2D eigenvalue weighted by Crippen LogP contribution is -1.99. The molecule has 1 heterocycles. The van der Waals surface area contributed by atoms with Crippen LogP contribution in [0.4, 0.5) is 13.2 Å². The van der Waals surface area contributed by atoms with Crippen molar-refractivity contribution in [1.29, 1.82) is 0 Å². The standard InChI is InChI=1S/C7H5ClF3NS.C2H6/c1-4-2-5(8)6(3-12-4)13-7(9,10)11;1-2/h2-3H,1H3;1-2H3. The molecule has 0 saturated carbocycles. The van der Waals surface area contributed by atoms with E-state index in [0.29, 0.717) is 5.69 Å². The van der Waals surface area contributed by atoms with Gasteiger partial charge in [-0.3, -0.25) is 4.98 Å². The number of hydrogen-bond donors (Lipinski definition) is 0. The molecule has 0 fully saturated rings. The lowest BCUT2D eigenvalue weighted by Gasteiger charge is -2.06. The molecule has 0 aliphatic rings. The molecule has 0 aliphatic carbocycles. The lowest BCUT2D eigenvalue weighted by atomic mass is 10.4. The smallest absolute Gasteiger partial charge is 0.260 e. The quantitative estimate of drug-likeness (QED) is 0.678. The van der Waals surface area contributed by atoms with E-state index in [1.165, 1.54) is 6.07 Å². The third-order valence-electron chi connectivity index (χ3n) is 1.18. The molecule has 0 amide bonds. The summed E-state index contributed by atoms with van der Waals surface area (Å²) in [6.45, 7) is 5.66. The fourth-order valence-electron chi connectivity index (χ4n) is 0.714. The highest BCUT2D eigenvalue weighted by Gasteiger charge is 2.30. The molecule has 86 valence electrons. The van der Waals surface area contributed by atoms with Crippen LogP contribution in [0.1, 0.15) is 19.5 Å². The maximum Gasteiger partial charge on any atom is 0.446 e. The molecule has 6 heteroatoms. The average molecular weight is 258 g/mol. The molecule has 0 bridgehead atoms.